The van der Waals surface area contributed by atoms with Crippen molar-refractivity contribution in [3.63, 3.8) is 0 Å². The number of nitro benzene ring substituents is 1. The van der Waals surface area contributed by atoms with Gasteiger partial charge in [0.15, 0.2) is 0 Å². The van der Waals surface area contributed by atoms with Crippen LogP contribution in [0.15, 0.2) is 48.2 Å². The van der Waals surface area contributed by atoms with Crippen LogP contribution in [0.3, 0.4) is 0 Å². The first-order valence-corrected chi connectivity index (χ1v) is 8.84. The summed E-state index contributed by atoms with van der Waals surface area (Å²) in [7, 11) is 0. The smallest absolute Gasteiger partial charge is 0.271 e. The molecule has 0 saturated heterocycles. The number of non-ortho nitro benzene ring substituents is 1. The predicted molar refractivity (Wildman–Crippen MR) is 109 cm³/mol. The van der Waals surface area contributed by atoms with Crippen molar-refractivity contribution in [3.05, 3.63) is 74.4 Å². The number of halogens is 1. The predicted octanol–water partition coefficient (Wildman–Crippen LogP) is 5.14. The van der Waals surface area contributed by atoms with Crippen molar-refractivity contribution in [1.82, 2.24) is 0 Å². The molecule has 0 heterocycles. The van der Waals surface area contributed by atoms with E-state index in [1.807, 2.05) is 45.0 Å². The Balaban J connectivity index is 2.27. The van der Waals surface area contributed by atoms with Crippen molar-refractivity contribution in [2.24, 2.45) is 0 Å². The van der Waals surface area contributed by atoms with Gasteiger partial charge in [0.05, 0.1) is 15.6 Å². The fourth-order valence-electron chi connectivity index (χ4n) is 2.57. The summed E-state index contributed by atoms with van der Waals surface area (Å²) in [5.41, 5.74) is 2.49. The summed E-state index contributed by atoms with van der Waals surface area (Å²) in [5.74, 6) is -0.476. The number of rotatable bonds is 6. The summed E-state index contributed by atoms with van der Waals surface area (Å²) < 4.78 is 0. The third-order valence-electron chi connectivity index (χ3n) is 4.06. The molecule has 2 rings (SSSR count). The summed E-state index contributed by atoms with van der Waals surface area (Å²) in [6, 6.07) is 11.4. The molecule has 144 valence electrons. The van der Waals surface area contributed by atoms with Crippen LogP contribution in [0, 0.1) is 28.4 Å². The minimum absolute atomic E-state index is 0.0563. The second kappa shape index (κ2) is 9.02. The van der Waals surface area contributed by atoms with E-state index in [1.165, 1.54) is 18.3 Å². The number of anilines is 2. The van der Waals surface area contributed by atoms with Gasteiger partial charge in [0.1, 0.15) is 11.6 Å². The number of benzene rings is 2. The number of nitrogens with one attached hydrogen (secondary N) is 2. The van der Waals surface area contributed by atoms with Gasteiger partial charge in [-0.25, -0.2) is 0 Å². The number of nitro groups is 1. The van der Waals surface area contributed by atoms with Crippen molar-refractivity contribution < 1.29 is 9.72 Å². The van der Waals surface area contributed by atoms with Gasteiger partial charge in [-0.05, 0) is 30.0 Å². The molecule has 0 radical (unpaired) electrons. The Hall–Kier alpha value is -3.37. The molecule has 0 fully saturated rings. The van der Waals surface area contributed by atoms with Crippen LogP contribution in [0.5, 0.6) is 0 Å². The zero-order valence-electron chi connectivity index (χ0n) is 15.6. The fourth-order valence-corrected chi connectivity index (χ4v) is 2.74. The molecular formula is C20H19ClN4O3. The lowest BCUT2D eigenvalue weighted by atomic mass is 9.98. The summed E-state index contributed by atoms with van der Waals surface area (Å²) in [6.07, 6.45) is 1.31. The highest BCUT2D eigenvalue weighted by Gasteiger charge is 2.15. The molecule has 7 nitrogen and oxygen atoms in total. The lowest BCUT2D eigenvalue weighted by molar-refractivity contribution is -0.384. The first-order chi connectivity index (χ1) is 13.2. The van der Waals surface area contributed by atoms with Crippen LogP contribution in [0.25, 0.3) is 0 Å². The Morgan fingerprint density at radius 1 is 1.32 bits per heavy atom. The molecule has 0 spiro atoms. The highest BCUT2D eigenvalue weighted by molar-refractivity contribution is 6.34. The van der Waals surface area contributed by atoms with E-state index < -0.39 is 10.8 Å². The maximum Gasteiger partial charge on any atom is 0.271 e. The maximum atomic E-state index is 12.4. The number of para-hydroxylation sites is 1. The minimum Gasteiger partial charge on any atom is -0.360 e. The van der Waals surface area contributed by atoms with Gasteiger partial charge in [0.2, 0.25) is 0 Å². The lowest BCUT2D eigenvalue weighted by Crippen LogP contribution is -2.15. The summed E-state index contributed by atoms with van der Waals surface area (Å²) >= 11 is 5.99. The van der Waals surface area contributed by atoms with Crippen molar-refractivity contribution in [1.29, 1.82) is 5.26 Å². The van der Waals surface area contributed by atoms with Gasteiger partial charge in [0.25, 0.3) is 11.6 Å². The number of nitriles is 1. The monoisotopic (exact) mass is 398 g/mol. The highest BCUT2D eigenvalue weighted by atomic mass is 35.5. The van der Waals surface area contributed by atoms with Gasteiger partial charge in [-0.3, -0.25) is 14.9 Å². The molecule has 8 heteroatoms. The number of amides is 1. The van der Waals surface area contributed by atoms with E-state index >= 15 is 0 Å². The van der Waals surface area contributed by atoms with E-state index in [1.54, 1.807) is 0 Å². The summed E-state index contributed by atoms with van der Waals surface area (Å²) in [6.45, 7) is 6.02. The Labute approximate surface area is 167 Å². The Bertz CT molecular complexity index is 993. The maximum absolute atomic E-state index is 12.4. The molecule has 0 unspecified atom stereocenters. The number of nitrogens with zero attached hydrogens (tertiary/aromatic N) is 2. The van der Waals surface area contributed by atoms with Crippen molar-refractivity contribution in [2.75, 3.05) is 10.6 Å². The average molecular weight is 399 g/mol. The van der Waals surface area contributed by atoms with E-state index in [0.29, 0.717) is 0 Å². The Morgan fingerprint density at radius 3 is 2.64 bits per heavy atom. The van der Waals surface area contributed by atoms with Crippen LogP contribution in [0.2, 0.25) is 5.02 Å². The normalized spacial score (nSPS) is 11.1. The molecular weight excluding hydrogens is 380 g/mol. The zero-order chi connectivity index (χ0) is 20.8. The Kier molecular flexibility index (Phi) is 6.74. The zero-order valence-corrected chi connectivity index (χ0v) is 16.4. The van der Waals surface area contributed by atoms with Crippen molar-refractivity contribution in [3.8, 4) is 6.07 Å². The molecule has 0 aliphatic carbocycles. The molecule has 2 aromatic carbocycles. The van der Waals surface area contributed by atoms with Crippen molar-refractivity contribution >= 4 is 34.6 Å². The van der Waals surface area contributed by atoms with E-state index in [4.69, 9.17) is 11.6 Å². The lowest BCUT2D eigenvalue weighted by Gasteiger charge is -2.15. The topological polar surface area (TPSA) is 108 Å². The largest absolute Gasteiger partial charge is 0.360 e. The van der Waals surface area contributed by atoms with Crippen LogP contribution < -0.4 is 10.6 Å². The molecule has 0 aliphatic rings. The fraction of sp³-hybridized carbons (Fsp3) is 0.200. The molecule has 1 amide bonds. The Morgan fingerprint density at radius 2 is 2.04 bits per heavy atom. The molecule has 0 aromatic heterocycles. The van der Waals surface area contributed by atoms with Gasteiger partial charge >= 0.3 is 0 Å². The SMILES string of the molecule is Cc1cccc(C(C)C)c1N/C=C(/C#N)C(=O)Nc1cc([N+](=O)[O-])ccc1Cl. The van der Waals surface area contributed by atoms with E-state index in [2.05, 4.69) is 10.6 Å². The number of hydrogen-bond donors (Lipinski definition) is 2. The van der Waals surface area contributed by atoms with Gasteiger partial charge in [0, 0.05) is 24.0 Å². The number of carbonyl (C=O) groups is 1. The van der Waals surface area contributed by atoms with Crippen LogP contribution >= 0.6 is 11.6 Å². The molecule has 2 N–H and O–H groups in total. The second-order valence-corrected chi connectivity index (χ2v) is 6.79. The van der Waals surface area contributed by atoms with E-state index in [0.717, 1.165) is 22.9 Å². The van der Waals surface area contributed by atoms with Gasteiger partial charge in [-0.15, -0.1) is 0 Å². The van der Waals surface area contributed by atoms with Gasteiger partial charge < -0.3 is 10.6 Å². The number of carbonyl (C=O) groups excluding carboxylic acids is 1. The molecule has 0 saturated carbocycles. The molecule has 2 aromatic rings. The molecule has 28 heavy (non-hydrogen) atoms. The minimum atomic E-state index is -0.725. The van der Waals surface area contributed by atoms with E-state index in [-0.39, 0.29) is 27.9 Å². The molecule has 0 atom stereocenters. The summed E-state index contributed by atoms with van der Waals surface area (Å²) in [5, 5.41) is 25.9. The van der Waals surface area contributed by atoms with Crippen LogP contribution in [-0.2, 0) is 4.79 Å². The highest BCUT2D eigenvalue weighted by Crippen LogP contribution is 2.28. The van der Waals surface area contributed by atoms with Crippen LogP contribution in [0.4, 0.5) is 17.1 Å². The first kappa shape index (κ1) is 20.9. The average Bonchev–Trinajstić information content (AvgIpc) is 2.64. The first-order valence-electron chi connectivity index (χ1n) is 8.46. The third-order valence-corrected chi connectivity index (χ3v) is 4.39. The summed E-state index contributed by atoms with van der Waals surface area (Å²) in [4.78, 5) is 22.7. The van der Waals surface area contributed by atoms with E-state index in [9.17, 15) is 20.2 Å². The number of aryl methyl sites for hydroxylation is 1. The van der Waals surface area contributed by atoms with Crippen molar-refractivity contribution in [2.45, 2.75) is 26.7 Å². The quantitative estimate of drug-likeness (QED) is 0.303. The van der Waals surface area contributed by atoms with Gasteiger partial charge in [-0.2, -0.15) is 5.26 Å². The number of hydrogen-bond acceptors (Lipinski definition) is 5. The van der Waals surface area contributed by atoms with Crippen LogP contribution in [0.1, 0.15) is 30.9 Å². The second-order valence-electron chi connectivity index (χ2n) is 6.38. The molecule has 0 aliphatic heterocycles. The van der Waals surface area contributed by atoms with Crippen LogP contribution in [-0.4, -0.2) is 10.8 Å². The third kappa shape index (κ3) is 4.87. The molecule has 0 bridgehead atoms. The standard InChI is InChI=1S/C20H19ClN4O3/c1-12(2)16-6-4-5-13(3)19(16)23-11-14(10-22)20(26)24-18-9-15(25(27)28)7-8-17(18)21/h4-9,11-12,23H,1-3H3,(H,24,26)/b14-11-. The van der Waals surface area contributed by atoms with Gasteiger partial charge in [-0.1, -0.05) is 43.6 Å².